The van der Waals surface area contributed by atoms with Crippen molar-refractivity contribution in [3.05, 3.63) is 41.9 Å². The highest BCUT2D eigenvalue weighted by atomic mass is 32.2. The summed E-state index contributed by atoms with van der Waals surface area (Å²) in [5.74, 6) is 0.373. The zero-order chi connectivity index (χ0) is 19.3. The molecule has 0 bridgehead atoms. The van der Waals surface area contributed by atoms with Crippen LogP contribution in [-0.4, -0.2) is 38.3 Å². The van der Waals surface area contributed by atoms with Crippen molar-refractivity contribution in [1.82, 2.24) is 24.1 Å². The van der Waals surface area contributed by atoms with Gasteiger partial charge >= 0.3 is 0 Å². The molecule has 0 saturated carbocycles. The van der Waals surface area contributed by atoms with Gasteiger partial charge in [-0.25, -0.2) is 17.9 Å². The molecule has 0 spiro atoms. The highest BCUT2D eigenvalue weighted by Crippen LogP contribution is 2.32. The lowest BCUT2D eigenvalue weighted by Crippen LogP contribution is -2.06. The molecule has 4 aromatic heterocycles. The van der Waals surface area contributed by atoms with Crippen LogP contribution in [0.2, 0.25) is 0 Å². The summed E-state index contributed by atoms with van der Waals surface area (Å²) >= 11 is 0. The van der Waals surface area contributed by atoms with Crippen LogP contribution in [0.1, 0.15) is 18.2 Å². The van der Waals surface area contributed by atoms with Gasteiger partial charge in [0.15, 0.2) is 15.7 Å². The quantitative estimate of drug-likeness (QED) is 0.540. The smallest absolute Gasteiger partial charge is 0.182 e. The molecule has 4 rings (SSSR count). The average molecular weight is 380 g/mol. The van der Waals surface area contributed by atoms with Crippen molar-refractivity contribution < 1.29 is 8.42 Å². The molecule has 0 radical (unpaired) electrons. The van der Waals surface area contributed by atoms with E-state index >= 15 is 0 Å². The van der Waals surface area contributed by atoms with Crippen LogP contribution in [0.15, 0.2) is 35.5 Å². The number of pyridine rings is 2. The van der Waals surface area contributed by atoms with Crippen LogP contribution in [0, 0.1) is 18.3 Å². The van der Waals surface area contributed by atoms with Gasteiger partial charge in [-0.3, -0.25) is 4.98 Å². The molecule has 27 heavy (non-hydrogen) atoms. The summed E-state index contributed by atoms with van der Waals surface area (Å²) in [6.45, 7) is 3.46. The Labute approximate surface area is 155 Å². The topological polar surface area (TPSA) is 106 Å². The Morgan fingerprint density at radius 1 is 1.26 bits per heavy atom. The maximum Gasteiger partial charge on any atom is 0.182 e. The minimum Gasteiger partial charge on any atom is -0.324 e. The largest absolute Gasteiger partial charge is 0.324 e. The number of nitriles is 1. The first-order valence-electron chi connectivity index (χ1n) is 8.30. The summed E-state index contributed by atoms with van der Waals surface area (Å²) in [6, 6.07) is 7.07. The summed E-state index contributed by atoms with van der Waals surface area (Å²) in [5.41, 5.74) is 3.40. The highest BCUT2D eigenvalue weighted by Gasteiger charge is 2.28. The van der Waals surface area contributed by atoms with Crippen molar-refractivity contribution in [2.45, 2.75) is 18.7 Å². The first kappa shape index (κ1) is 17.2. The molecule has 4 aromatic rings. The van der Waals surface area contributed by atoms with Crippen molar-refractivity contribution in [2.24, 2.45) is 7.05 Å². The first-order chi connectivity index (χ1) is 12.9. The molecule has 0 unspecified atom stereocenters. The lowest BCUT2D eigenvalue weighted by Gasteiger charge is -2.03. The van der Waals surface area contributed by atoms with Crippen molar-refractivity contribution in [2.75, 3.05) is 5.75 Å². The number of imidazole rings is 1. The lowest BCUT2D eigenvalue weighted by atomic mass is 10.3. The SMILES string of the molecule is CCS(=O)(=O)c1c(-c2nc3cc(C)ncc3n2C)nn2cc(C#N)ccc12. The van der Waals surface area contributed by atoms with E-state index in [0.717, 1.165) is 16.7 Å². The van der Waals surface area contributed by atoms with Gasteiger partial charge in [0.2, 0.25) is 0 Å². The van der Waals surface area contributed by atoms with Gasteiger partial charge in [-0.2, -0.15) is 10.4 Å². The number of rotatable bonds is 3. The van der Waals surface area contributed by atoms with Crippen molar-refractivity contribution in [3.8, 4) is 17.6 Å². The van der Waals surface area contributed by atoms with Gasteiger partial charge in [0.25, 0.3) is 0 Å². The monoisotopic (exact) mass is 380 g/mol. The number of fused-ring (bicyclic) bond motifs is 2. The van der Waals surface area contributed by atoms with Gasteiger partial charge in [0.1, 0.15) is 16.7 Å². The van der Waals surface area contributed by atoms with E-state index in [1.807, 2.05) is 19.1 Å². The van der Waals surface area contributed by atoms with Crippen LogP contribution in [0.4, 0.5) is 0 Å². The molecule has 136 valence electrons. The number of sulfone groups is 1. The van der Waals surface area contributed by atoms with E-state index in [9.17, 15) is 8.42 Å². The zero-order valence-electron chi connectivity index (χ0n) is 15.0. The third-order valence-corrected chi connectivity index (χ3v) is 6.30. The Morgan fingerprint density at radius 2 is 2.04 bits per heavy atom. The first-order valence-corrected chi connectivity index (χ1v) is 9.95. The van der Waals surface area contributed by atoms with Crippen molar-refractivity contribution in [1.29, 1.82) is 5.26 Å². The summed E-state index contributed by atoms with van der Waals surface area (Å²) in [4.78, 5) is 9.02. The fourth-order valence-corrected chi connectivity index (χ4v) is 4.29. The second kappa shape index (κ2) is 5.89. The molecule has 0 aliphatic heterocycles. The molecule has 0 amide bonds. The van der Waals surface area contributed by atoms with Gasteiger partial charge in [0, 0.05) is 18.9 Å². The fraction of sp³-hybridized carbons (Fsp3) is 0.222. The molecule has 0 fully saturated rings. The van der Waals surface area contributed by atoms with E-state index in [1.165, 1.54) is 10.7 Å². The Hall–Kier alpha value is -3.25. The third kappa shape index (κ3) is 2.57. The molecule has 0 N–H and O–H groups in total. The molecular formula is C18H16N6O2S. The molecule has 9 heteroatoms. The van der Waals surface area contributed by atoms with Crippen LogP contribution < -0.4 is 0 Å². The van der Waals surface area contributed by atoms with E-state index in [0.29, 0.717) is 16.9 Å². The van der Waals surface area contributed by atoms with Crippen LogP contribution >= 0.6 is 0 Å². The van der Waals surface area contributed by atoms with Gasteiger partial charge in [-0.15, -0.1) is 0 Å². The summed E-state index contributed by atoms with van der Waals surface area (Å²) in [6.07, 6.45) is 3.22. The van der Waals surface area contributed by atoms with Gasteiger partial charge in [-0.1, -0.05) is 6.92 Å². The predicted octanol–water partition coefficient (Wildman–Crippen LogP) is 2.26. The molecule has 0 aliphatic carbocycles. The van der Waals surface area contributed by atoms with E-state index < -0.39 is 9.84 Å². The maximum atomic E-state index is 12.8. The number of hydrogen-bond acceptors (Lipinski definition) is 6. The van der Waals surface area contributed by atoms with E-state index in [2.05, 4.69) is 15.1 Å². The van der Waals surface area contributed by atoms with E-state index in [1.54, 1.807) is 36.9 Å². The number of nitrogens with zero attached hydrogens (tertiary/aromatic N) is 6. The molecular weight excluding hydrogens is 364 g/mol. The Bertz CT molecular complexity index is 1360. The van der Waals surface area contributed by atoms with Gasteiger partial charge in [0.05, 0.1) is 34.1 Å². The molecule has 0 aliphatic rings. The molecule has 0 atom stereocenters. The van der Waals surface area contributed by atoms with Gasteiger partial charge < -0.3 is 4.57 Å². The molecule has 0 aromatic carbocycles. The predicted molar refractivity (Wildman–Crippen MR) is 99.9 cm³/mol. The molecule has 8 nitrogen and oxygen atoms in total. The van der Waals surface area contributed by atoms with Crippen LogP contribution in [0.25, 0.3) is 28.1 Å². The van der Waals surface area contributed by atoms with Crippen LogP contribution in [-0.2, 0) is 16.9 Å². The second-order valence-electron chi connectivity index (χ2n) is 6.25. The number of aryl methyl sites for hydroxylation is 2. The van der Waals surface area contributed by atoms with Crippen LogP contribution in [0.5, 0.6) is 0 Å². The van der Waals surface area contributed by atoms with Crippen molar-refractivity contribution in [3.63, 3.8) is 0 Å². The summed E-state index contributed by atoms with van der Waals surface area (Å²) in [7, 11) is -1.78. The summed E-state index contributed by atoms with van der Waals surface area (Å²) in [5, 5.41) is 13.6. The average Bonchev–Trinajstić information content (AvgIpc) is 3.18. The van der Waals surface area contributed by atoms with Gasteiger partial charge in [-0.05, 0) is 25.1 Å². The Morgan fingerprint density at radius 3 is 2.74 bits per heavy atom. The highest BCUT2D eigenvalue weighted by molar-refractivity contribution is 7.91. The Kier molecular flexibility index (Phi) is 3.75. The van der Waals surface area contributed by atoms with E-state index in [4.69, 9.17) is 5.26 Å². The number of hydrogen-bond donors (Lipinski definition) is 0. The minimum atomic E-state index is -3.58. The standard InChI is InChI=1S/C18H16N6O2S/c1-4-27(25,26)17-14-6-5-12(8-19)10-24(14)22-16(17)18-21-13-7-11(2)20-9-15(13)23(18)3/h5-7,9-10H,4H2,1-3H3. The third-order valence-electron chi connectivity index (χ3n) is 4.52. The second-order valence-corrected chi connectivity index (χ2v) is 8.46. The molecule has 0 saturated heterocycles. The minimum absolute atomic E-state index is 0.0635. The normalized spacial score (nSPS) is 11.9. The van der Waals surface area contributed by atoms with Crippen LogP contribution in [0.3, 0.4) is 0 Å². The maximum absolute atomic E-state index is 12.8. The fourth-order valence-electron chi connectivity index (χ4n) is 3.09. The van der Waals surface area contributed by atoms with E-state index in [-0.39, 0.29) is 16.3 Å². The lowest BCUT2D eigenvalue weighted by molar-refractivity contribution is 0.598. The Balaban J connectivity index is 2.12. The molecule has 4 heterocycles. The van der Waals surface area contributed by atoms with Crippen molar-refractivity contribution >= 4 is 26.4 Å². The zero-order valence-corrected chi connectivity index (χ0v) is 15.8. The summed E-state index contributed by atoms with van der Waals surface area (Å²) < 4.78 is 28.9. The number of aromatic nitrogens is 5.